The molecule has 4 nitrogen and oxygen atoms in total. The van der Waals surface area contributed by atoms with Crippen LogP contribution in [-0.2, 0) is 11.3 Å². The first-order valence-electron chi connectivity index (χ1n) is 6.86. The zero-order valence-corrected chi connectivity index (χ0v) is 12.0. The maximum Gasteiger partial charge on any atom is 0.146 e. The molecule has 19 heavy (non-hydrogen) atoms. The highest BCUT2D eigenvalue weighted by molar-refractivity contribution is 5.81. The zero-order valence-electron chi connectivity index (χ0n) is 12.0. The second-order valence-electron chi connectivity index (χ2n) is 5.23. The molecule has 0 radical (unpaired) electrons. The smallest absolute Gasteiger partial charge is 0.146 e. The Morgan fingerprint density at radius 3 is 2.95 bits per heavy atom. The minimum absolute atomic E-state index is 0.0575. The zero-order chi connectivity index (χ0) is 13.8. The number of hydrogen-bond donors (Lipinski definition) is 0. The van der Waals surface area contributed by atoms with Crippen molar-refractivity contribution in [3.8, 4) is 5.75 Å². The van der Waals surface area contributed by atoms with Crippen molar-refractivity contribution in [3.63, 3.8) is 0 Å². The van der Waals surface area contributed by atoms with Crippen molar-refractivity contribution in [2.45, 2.75) is 45.7 Å². The summed E-state index contributed by atoms with van der Waals surface area (Å²) in [5, 5.41) is 0. The highest BCUT2D eigenvalue weighted by atomic mass is 16.5. The number of pyridine rings is 1. The Labute approximate surface area is 114 Å². The molecule has 1 aliphatic heterocycles. The molecule has 1 unspecified atom stereocenters. The summed E-state index contributed by atoms with van der Waals surface area (Å²) in [5.41, 5.74) is 1.93. The maximum atomic E-state index is 11.7. The summed E-state index contributed by atoms with van der Waals surface area (Å²) in [6.45, 7) is 5.35. The van der Waals surface area contributed by atoms with E-state index in [-0.39, 0.29) is 11.8 Å². The van der Waals surface area contributed by atoms with Gasteiger partial charge in [-0.1, -0.05) is 6.42 Å². The number of aryl methyl sites for hydroxylation is 1. The predicted molar refractivity (Wildman–Crippen MR) is 74.3 cm³/mol. The van der Waals surface area contributed by atoms with Crippen LogP contribution in [0.25, 0.3) is 0 Å². The van der Waals surface area contributed by atoms with Crippen LogP contribution in [0.15, 0.2) is 12.1 Å². The third kappa shape index (κ3) is 3.53. The van der Waals surface area contributed by atoms with Crippen LogP contribution in [-0.4, -0.2) is 35.4 Å². The summed E-state index contributed by atoms with van der Waals surface area (Å²) in [6.07, 6.45) is 3.27. The fourth-order valence-corrected chi connectivity index (χ4v) is 2.75. The van der Waals surface area contributed by atoms with Gasteiger partial charge in [-0.2, -0.15) is 0 Å². The molecule has 1 atom stereocenters. The van der Waals surface area contributed by atoms with Crippen LogP contribution in [0, 0.1) is 6.92 Å². The van der Waals surface area contributed by atoms with E-state index in [2.05, 4.69) is 9.88 Å². The Bertz CT molecular complexity index is 459. The van der Waals surface area contributed by atoms with E-state index in [1.54, 1.807) is 14.0 Å². The average Bonchev–Trinajstić information content (AvgIpc) is 2.38. The molecule has 0 N–H and O–H groups in total. The minimum atomic E-state index is 0.0575. The topological polar surface area (TPSA) is 42.4 Å². The van der Waals surface area contributed by atoms with Crippen LogP contribution in [0.3, 0.4) is 0 Å². The van der Waals surface area contributed by atoms with Crippen molar-refractivity contribution in [2.24, 2.45) is 0 Å². The number of Topliss-reactive ketones (excluding diaryl/α,β-unsaturated/α-hetero) is 1. The lowest BCUT2D eigenvalue weighted by molar-refractivity contribution is -0.123. The van der Waals surface area contributed by atoms with Gasteiger partial charge in [0.1, 0.15) is 11.5 Å². The van der Waals surface area contributed by atoms with E-state index in [0.717, 1.165) is 49.5 Å². The molecule has 0 amide bonds. The number of ether oxygens (including phenoxy) is 1. The van der Waals surface area contributed by atoms with Gasteiger partial charge in [-0.25, -0.2) is 0 Å². The molecule has 0 spiro atoms. The van der Waals surface area contributed by atoms with Crippen LogP contribution in [0.2, 0.25) is 0 Å². The first kappa shape index (κ1) is 14.0. The predicted octanol–water partition coefficient (Wildman–Crippen LogP) is 2.34. The van der Waals surface area contributed by atoms with Gasteiger partial charge in [-0.3, -0.25) is 14.7 Å². The number of ketones is 1. The fourth-order valence-electron chi connectivity index (χ4n) is 2.75. The van der Waals surface area contributed by atoms with Gasteiger partial charge in [0.05, 0.1) is 18.8 Å². The average molecular weight is 262 g/mol. The molecule has 0 saturated carbocycles. The van der Waals surface area contributed by atoms with Crippen molar-refractivity contribution in [3.05, 3.63) is 23.5 Å². The Balaban J connectivity index is 2.14. The monoisotopic (exact) mass is 262 g/mol. The van der Waals surface area contributed by atoms with E-state index in [4.69, 9.17) is 4.74 Å². The lowest BCUT2D eigenvalue weighted by Crippen LogP contribution is -2.43. The number of nitrogens with zero attached hydrogens (tertiary/aromatic N) is 2. The van der Waals surface area contributed by atoms with Gasteiger partial charge in [-0.15, -0.1) is 0 Å². The maximum absolute atomic E-state index is 11.7. The van der Waals surface area contributed by atoms with Crippen LogP contribution < -0.4 is 4.74 Å². The quantitative estimate of drug-likeness (QED) is 0.835. The van der Waals surface area contributed by atoms with Gasteiger partial charge in [0.15, 0.2) is 0 Å². The molecule has 0 aromatic carbocycles. The van der Waals surface area contributed by atoms with Gasteiger partial charge < -0.3 is 4.74 Å². The van der Waals surface area contributed by atoms with Crippen molar-refractivity contribution in [1.29, 1.82) is 0 Å². The summed E-state index contributed by atoms with van der Waals surface area (Å²) in [5.74, 6) is 1.10. The van der Waals surface area contributed by atoms with Gasteiger partial charge in [0, 0.05) is 24.4 Å². The molecular weight excluding hydrogens is 240 g/mol. The number of likely N-dealkylation sites (tertiary alicyclic amines) is 1. The number of hydrogen-bond acceptors (Lipinski definition) is 4. The second-order valence-corrected chi connectivity index (χ2v) is 5.23. The largest absolute Gasteiger partial charge is 0.497 e. The van der Waals surface area contributed by atoms with Crippen molar-refractivity contribution in [1.82, 2.24) is 9.88 Å². The van der Waals surface area contributed by atoms with E-state index < -0.39 is 0 Å². The van der Waals surface area contributed by atoms with E-state index in [0.29, 0.717) is 0 Å². The van der Waals surface area contributed by atoms with Crippen LogP contribution in [0.4, 0.5) is 0 Å². The molecule has 1 saturated heterocycles. The third-order valence-electron chi connectivity index (χ3n) is 3.66. The van der Waals surface area contributed by atoms with Gasteiger partial charge >= 0.3 is 0 Å². The number of piperidine rings is 1. The molecule has 0 bridgehead atoms. The third-order valence-corrected chi connectivity index (χ3v) is 3.66. The highest BCUT2D eigenvalue weighted by Gasteiger charge is 2.26. The number of methoxy groups -OCH3 is 1. The second kappa shape index (κ2) is 6.15. The molecule has 4 heteroatoms. The molecule has 0 aliphatic carbocycles. The van der Waals surface area contributed by atoms with Crippen LogP contribution >= 0.6 is 0 Å². The van der Waals surface area contributed by atoms with Crippen LogP contribution in [0.1, 0.15) is 37.6 Å². The summed E-state index contributed by atoms with van der Waals surface area (Å²) >= 11 is 0. The van der Waals surface area contributed by atoms with Crippen LogP contribution in [0.5, 0.6) is 5.75 Å². The van der Waals surface area contributed by atoms with Gasteiger partial charge in [0.2, 0.25) is 0 Å². The van der Waals surface area contributed by atoms with Gasteiger partial charge in [-0.05, 0) is 33.2 Å². The van der Waals surface area contributed by atoms with E-state index in [9.17, 15) is 4.79 Å². The van der Waals surface area contributed by atoms with E-state index in [1.165, 1.54) is 0 Å². The number of carbonyl (C=O) groups is 1. The minimum Gasteiger partial charge on any atom is -0.497 e. The normalized spacial score (nSPS) is 20.3. The van der Waals surface area contributed by atoms with Gasteiger partial charge in [0.25, 0.3) is 0 Å². The summed E-state index contributed by atoms with van der Waals surface area (Å²) in [7, 11) is 1.66. The lowest BCUT2D eigenvalue weighted by atomic mass is 9.99. The summed E-state index contributed by atoms with van der Waals surface area (Å²) < 4.78 is 5.27. The molecule has 1 aromatic rings. The van der Waals surface area contributed by atoms with E-state index in [1.807, 2.05) is 19.1 Å². The molecule has 1 fully saturated rings. The Morgan fingerprint density at radius 2 is 2.26 bits per heavy atom. The summed E-state index contributed by atoms with van der Waals surface area (Å²) in [4.78, 5) is 18.5. The first-order chi connectivity index (χ1) is 9.10. The molecular formula is C15H22N2O2. The molecule has 2 heterocycles. The fraction of sp³-hybridized carbons (Fsp3) is 0.600. The molecule has 2 rings (SSSR count). The Kier molecular flexibility index (Phi) is 4.53. The summed E-state index contributed by atoms with van der Waals surface area (Å²) in [6, 6.07) is 3.93. The standard InChI is InChI=1S/C15H22N2O2/c1-11-8-14(19-3)9-13(16-11)10-17-7-5-4-6-15(17)12(2)18/h8-9,15H,4-7,10H2,1-3H3. The van der Waals surface area contributed by atoms with E-state index >= 15 is 0 Å². The first-order valence-corrected chi connectivity index (χ1v) is 6.86. The Hall–Kier alpha value is -1.42. The lowest BCUT2D eigenvalue weighted by Gasteiger charge is -2.33. The van der Waals surface area contributed by atoms with Crippen molar-refractivity contribution in [2.75, 3.05) is 13.7 Å². The number of carbonyl (C=O) groups excluding carboxylic acids is 1. The molecule has 1 aliphatic rings. The van der Waals surface area contributed by atoms with Crippen molar-refractivity contribution >= 4 is 5.78 Å². The van der Waals surface area contributed by atoms with Crippen molar-refractivity contribution < 1.29 is 9.53 Å². The highest BCUT2D eigenvalue weighted by Crippen LogP contribution is 2.21. The molecule has 1 aromatic heterocycles. The SMILES string of the molecule is COc1cc(C)nc(CN2CCCCC2C(C)=O)c1. The Morgan fingerprint density at radius 1 is 1.47 bits per heavy atom. The molecule has 104 valence electrons. The number of aromatic nitrogens is 1. The number of rotatable bonds is 4.